The number of carbonyl (C=O) groups excluding carboxylic acids is 1. The van der Waals surface area contributed by atoms with Gasteiger partial charge >= 0.3 is 0 Å². The second-order valence-electron chi connectivity index (χ2n) is 4.79. The summed E-state index contributed by atoms with van der Waals surface area (Å²) in [5.41, 5.74) is 4.15. The van der Waals surface area contributed by atoms with Crippen LogP contribution >= 0.6 is 0 Å². The maximum absolute atomic E-state index is 10.1. The smallest absolute Gasteiger partial charge is 0.150 e. The molecule has 0 fully saturated rings. The summed E-state index contributed by atoms with van der Waals surface area (Å²) in [4.78, 5) is 10.1. The number of hydrogen-bond donors (Lipinski definition) is 1. The Kier molecular flexibility index (Phi) is 6.86. The molecule has 2 rings (SSSR count). The number of nitrogens with zero attached hydrogens (tertiary/aromatic N) is 1. The number of benzene rings is 2. The lowest BCUT2D eigenvalue weighted by molar-refractivity contribution is 0.112. The highest BCUT2D eigenvalue weighted by atomic mass is 16.1. The van der Waals surface area contributed by atoms with E-state index in [2.05, 4.69) is 11.4 Å². The number of aryl methyl sites for hydroxylation is 2. The highest BCUT2D eigenvalue weighted by Gasteiger charge is 2.05. The van der Waals surface area contributed by atoms with Crippen LogP contribution in [0.4, 0.5) is 0 Å². The standard InChI is InChI=1S/C10H12N2.C8H8O/c1-8-3-5-9(6-4-8)10(7-11)12-2;1-7-2-4-8(6-9)5-3-7/h3-6,10,12H,1-2H3;2-6H,1H3. The van der Waals surface area contributed by atoms with Crippen LogP contribution in [0.3, 0.4) is 0 Å². The summed E-state index contributed by atoms with van der Waals surface area (Å²) in [6.45, 7) is 4.03. The molecule has 0 aliphatic carbocycles. The van der Waals surface area contributed by atoms with Crippen LogP contribution in [0, 0.1) is 25.2 Å². The summed E-state index contributed by atoms with van der Waals surface area (Å²) < 4.78 is 0. The Bertz CT molecular complexity index is 595. The minimum atomic E-state index is -0.189. The molecule has 0 heterocycles. The molecule has 2 aromatic carbocycles. The first-order valence-corrected chi connectivity index (χ1v) is 6.76. The number of carbonyl (C=O) groups is 1. The van der Waals surface area contributed by atoms with E-state index in [4.69, 9.17) is 5.26 Å². The molecule has 0 saturated heterocycles. The van der Waals surface area contributed by atoms with Crippen LogP contribution in [0.1, 0.15) is 33.1 Å². The number of rotatable bonds is 3. The summed E-state index contributed by atoms with van der Waals surface area (Å²) in [6.07, 6.45) is 0.847. The van der Waals surface area contributed by atoms with Crippen molar-refractivity contribution in [3.05, 3.63) is 70.8 Å². The largest absolute Gasteiger partial charge is 0.301 e. The SMILES string of the molecule is CNC(C#N)c1ccc(C)cc1.Cc1ccc(C=O)cc1. The van der Waals surface area contributed by atoms with Crippen LogP contribution in [-0.4, -0.2) is 13.3 Å². The Hall–Kier alpha value is -2.44. The first-order chi connectivity index (χ1) is 10.1. The number of nitrogens with one attached hydrogen (secondary N) is 1. The van der Waals surface area contributed by atoms with Crippen molar-refractivity contribution in [2.75, 3.05) is 7.05 Å². The van der Waals surface area contributed by atoms with Crippen molar-refractivity contribution in [1.29, 1.82) is 5.26 Å². The van der Waals surface area contributed by atoms with Gasteiger partial charge in [0.1, 0.15) is 12.3 Å². The molecule has 0 spiro atoms. The second kappa shape index (κ2) is 8.68. The van der Waals surface area contributed by atoms with Gasteiger partial charge in [0.2, 0.25) is 0 Å². The molecule has 0 radical (unpaired) electrons. The monoisotopic (exact) mass is 280 g/mol. The Morgan fingerprint density at radius 3 is 1.86 bits per heavy atom. The van der Waals surface area contributed by atoms with E-state index < -0.39 is 0 Å². The molecule has 2 aromatic rings. The van der Waals surface area contributed by atoms with Crippen molar-refractivity contribution in [2.24, 2.45) is 0 Å². The van der Waals surface area contributed by atoms with E-state index in [-0.39, 0.29) is 6.04 Å². The Morgan fingerprint density at radius 1 is 1.00 bits per heavy atom. The Morgan fingerprint density at radius 2 is 1.48 bits per heavy atom. The maximum Gasteiger partial charge on any atom is 0.150 e. The summed E-state index contributed by atoms with van der Waals surface area (Å²) in [6, 6.07) is 17.4. The summed E-state index contributed by atoms with van der Waals surface area (Å²) in [7, 11) is 1.79. The third-order valence-electron chi connectivity index (χ3n) is 3.04. The van der Waals surface area contributed by atoms with Crippen LogP contribution in [0.15, 0.2) is 48.5 Å². The number of hydrogen-bond acceptors (Lipinski definition) is 3. The molecule has 0 amide bonds. The van der Waals surface area contributed by atoms with E-state index in [1.54, 1.807) is 7.05 Å². The molecule has 0 aromatic heterocycles. The fraction of sp³-hybridized carbons (Fsp3) is 0.222. The average molecular weight is 280 g/mol. The van der Waals surface area contributed by atoms with Gasteiger partial charge in [-0.3, -0.25) is 4.79 Å². The highest BCUT2D eigenvalue weighted by molar-refractivity contribution is 5.74. The van der Waals surface area contributed by atoms with Crippen LogP contribution in [0.5, 0.6) is 0 Å². The molecule has 21 heavy (non-hydrogen) atoms. The van der Waals surface area contributed by atoms with Crippen molar-refractivity contribution < 1.29 is 4.79 Å². The zero-order valence-electron chi connectivity index (χ0n) is 12.6. The predicted octanol–water partition coefficient (Wildman–Crippen LogP) is 3.59. The van der Waals surface area contributed by atoms with E-state index in [1.165, 1.54) is 11.1 Å². The van der Waals surface area contributed by atoms with E-state index in [9.17, 15) is 4.79 Å². The van der Waals surface area contributed by atoms with Gasteiger partial charge in [0.05, 0.1) is 6.07 Å². The molecule has 3 nitrogen and oxygen atoms in total. The number of aldehydes is 1. The molecular formula is C18H20N2O. The minimum Gasteiger partial charge on any atom is -0.301 e. The normalized spacial score (nSPS) is 10.8. The fourth-order valence-electron chi connectivity index (χ4n) is 1.71. The van der Waals surface area contributed by atoms with Crippen LogP contribution in [0.2, 0.25) is 0 Å². The van der Waals surface area contributed by atoms with Crippen molar-refractivity contribution in [3.8, 4) is 6.07 Å². The highest BCUT2D eigenvalue weighted by Crippen LogP contribution is 2.11. The molecule has 108 valence electrons. The van der Waals surface area contributed by atoms with Gasteiger partial charge in [0.25, 0.3) is 0 Å². The van der Waals surface area contributed by atoms with Gasteiger partial charge in [0, 0.05) is 5.56 Å². The zero-order valence-corrected chi connectivity index (χ0v) is 12.6. The molecule has 1 unspecified atom stereocenters. The van der Waals surface area contributed by atoms with Crippen LogP contribution < -0.4 is 5.32 Å². The molecule has 1 atom stereocenters. The van der Waals surface area contributed by atoms with Gasteiger partial charge < -0.3 is 5.32 Å². The topological polar surface area (TPSA) is 52.9 Å². The lowest BCUT2D eigenvalue weighted by atomic mass is 10.1. The number of nitriles is 1. The van der Waals surface area contributed by atoms with E-state index >= 15 is 0 Å². The molecule has 1 N–H and O–H groups in total. The van der Waals surface area contributed by atoms with Crippen molar-refractivity contribution >= 4 is 6.29 Å². The minimum absolute atomic E-state index is 0.189. The maximum atomic E-state index is 10.1. The third-order valence-corrected chi connectivity index (χ3v) is 3.04. The molecule has 0 aliphatic heterocycles. The summed E-state index contributed by atoms with van der Waals surface area (Å²) >= 11 is 0. The molecule has 0 aliphatic rings. The van der Waals surface area contributed by atoms with Gasteiger partial charge in [0.15, 0.2) is 0 Å². The van der Waals surface area contributed by atoms with Crippen LogP contribution in [-0.2, 0) is 0 Å². The predicted molar refractivity (Wildman–Crippen MR) is 85.2 cm³/mol. The summed E-state index contributed by atoms with van der Waals surface area (Å²) in [5, 5.41) is 11.7. The first-order valence-electron chi connectivity index (χ1n) is 6.76. The van der Waals surface area contributed by atoms with E-state index in [0.29, 0.717) is 0 Å². The van der Waals surface area contributed by atoms with Gasteiger partial charge in [-0.25, -0.2) is 0 Å². The Balaban J connectivity index is 0.000000219. The molecule has 0 bridgehead atoms. The lowest BCUT2D eigenvalue weighted by Gasteiger charge is -2.07. The first kappa shape index (κ1) is 16.6. The fourth-order valence-corrected chi connectivity index (χ4v) is 1.71. The molecule has 0 saturated carbocycles. The van der Waals surface area contributed by atoms with Gasteiger partial charge in [-0.2, -0.15) is 5.26 Å². The van der Waals surface area contributed by atoms with E-state index in [1.807, 2.05) is 62.4 Å². The Labute approximate surface area is 126 Å². The van der Waals surface area contributed by atoms with Gasteiger partial charge in [-0.15, -0.1) is 0 Å². The zero-order chi connectivity index (χ0) is 15.7. The van der Waals surface area contributed by atoms with Gasteiger partial charge in [-0.1, -0.05) is 59.7 Å². The van der Waals surface area contributed by atoms with E-state index in [0.717, 1.165) is 17.4 Å². The van der Waals surface area contributed by atoms with Crippen molar-refractivity contribution in [1.82, 2.24) is 5.32 Å². The lowest BCUT2D eigenvalue weighted by Crippen LogP contribution is -2.13. The molecular weight excluding hydrogens is 260 g/mol. The quantitative estimate of drug-likeness (QED) is 0.874. The second-order valence-corrected chi connectivity index (χ2v) is 4.79. The summed E-state index contributed by atoms with van der Waals surface area (Å²) in [5.74, 6) is 0. The van der Waals surface area contributed by atoms with Crippen molar-refractivity contribution in [2.45, 2.75) is 19.9 Å². The third kappa shape index (κ3) is 5.60. The average Bonchev–Trinajstić information content (AvgIpc) is 2.52. The molecule has 3 heteroatoms. The van der Waals surface area contributed by atoms with Gasteiger partial charge in [-0.05, 0) is 26.5 Å². The van der Waals surface area contributed by atoms with Crippen LogP contribution in [0.25, 0.3) is 0 Å². The van der Waals surface area contributed by atoms with Crippen molar-refractivity contribution in [3.63, 3.8) is 0 Å².